The molecule has 2 unspecified atom stereocenters. The Morgan fingerprint density at radius 2 is 1.64 bits per heavy atom. The minimum absolute atomic E-state index is 0.694. The summed E-state index contributed by atoms with van der Waals surface area (Å²) in [5.41, 5.74) is 0. The van der Waals surface area contributed by atoms with Crippen LogP contribution in [0.2, 0.25) is 0 Å². The second-order valence-corrected chi connectivity index (χ2v) is 5.66. The molecule has 0 aromatic rings. The third-order valence-corrected chi connectivity index (χ3v) is 4.35. The Hall–Kier alpha value is 0.290. The molecule has 1 fully saturated rings. The van der Waals surface area contributed by atoms with Gasteiger partial charge in [0.2, 0.25) is 0 Å². The molecule has 1 heteroatoms. The molecule has 2 atom stereocenters. The van der Waals surface area contributed by atoms with Crippen molar-refractivity contribution in [2.24, 2.45) is 23.7 Å². The normalized spacial score (nSPS) is 23.8. The number of hydrogen-bond acceptors (Lipinski definition) is 0. The molecule has 1 rings (SSSR count). The Morgan fingerprint density at radius 1 is 1.07 bits per heavy atom. The second kappa shape index (κ2) is 6.00. The molecule has 0 aliphatic heterocycles. The van der Waals surface area contributed by atoms with Crippen LogP contribution in [0, 0.1) is 23.7 Å². The van der Waals surface area contributed by atoms with E-state index in [4.69, 9.17) is 11.6 Å². The molecule has 0 spiro atoms. The van der Waals surface area contributed by atoms with Gasteiger partial charge in [-0.25, -0.2) is 0 Å². The van der Waals surface area contributed by atoms with Gasteiger partial charge in [-0.05, 0) is 23.7 Å². The highest BCUT2D eigenvalue weighted by Gasteiger charge is 2.29. The largest absolute Gasteiger partial charge is 0.126 e. The fourth-order valence-electron chi connectivity index (χ4n) is 3.29. The van der Waals surface area contributed by atoms with Crippen molar-refractivity contribution in [3.05, 3.63) is 0 Å². The molecule has 14 heavy (non-hydrogen) atoms. The van der Waals surface area contributed by atoms with E-state index < -0.39 is 0 Å². The summed E-state index contributed by atoms with van der Waals surface area (Å²) in [6, 6.07) is 0. The smallest absolute Gasteiger partial charge is 0.0251 e. The Bertz CT molecular complexity index is 147. The van der Waals surface area contributed by atoms with E-state index in [1.165, 1.54) is 32.1 Å². The van der Waals surface area contributed by atoms with Gasteiger partial charge in [0, 0.05) is 5.88 Å². The summed E-state index contributed by atoms with van der Waals surface area (Å²) < 4.78 is 0. The van der Waals surface area contributed by atoms with Gasteiger partial charge in [0.25, 0.3) is 0 Å². The fraction of sp³-hybridized carbons (Fsp3) is 1.00. The molecule has 0 saturated heterocycles. The quantitative estimate of drug-likeness (QED) is 0.597. The van der Waals surface area contributed by atoms with Crippen LogP contribution in [-0.2, 0) is 0 Å². The van der Waals surface area contributed by atoms with E-state index in [0.29, 0.717) is 5.92 Å². The monoisotopic (exact) mass is 216 g/mol. The number of rotatable bonds is 4. The third-order valence-electron chi connectivity index (χ3n) is 3.86. The summed E-state index contributed by atoms with van der Waals surface area (Å²) in [5, 5.41) is 0. The number of alkyl halides is 1. The molecule has 84 valence electrons. The van der Waals surface area contributed by atoms with Gasteiger partial charge in [-0.1, -0.05) is 52.9 Å². The first-order valence-corrected chi connectivity index (χ1v) is 6.76. The molecule has 1 aliphatic rings. The van der Waals surface area contributed by atoms with Crippen LogP contribution >= 0.6 is 11.6 Å². The van der Waals surface area contributed by atoms with Crippen LogP contribution in [0.1, 0.15) is 52.9 Å². The summed E-state index contributed by atoms with van der Waals surface area (Å²) >= 11 is 6.01. The second-order valence-electron chi connectivity index (χ2n) is 5.35. The predicted molar refractivity (Wildman–Crippen MR) is 64.8 cm³/mol. The highest BCUT2D eigenvalue weighted by Crippen LogP contribution is 2.38. The molecule has 1 aliphatic carbocycles. The highest BCUT2D eigenvalue weighted by atomic mass is 35.5. The van der Waals surface area contributed by atoms with Crippen molar-refractivity contribution in [2.45, 2.75) is 52.9 Å². The molecule has 0 N–H and O–H groups in total. The van der Waals surface area contributed by atoms with Gasteiger partial charge in [0.1, 0.15) is 0 Å². The van der Waals surface area contributed by atoms with Crippen molar-refractivity contribution in [3.8, 4) is 0 Å². The average Bonchev–Trinajstić information content (AvgIpc) is 2.19. The van der Waals surface area contributed by atoms with E-state index >= 15 is 0 Å². The van der Waals surface area contributed by atoms with Gasteiger partial charge in [-0.3, -0.25) is 0 Å². The first-order chi connectivity index (χ1) is 6.66. The van der Waals surface area contributed by atoms with Crippen LogP contribution in [0.4, 0.5) is 0 Å². The Morgan fingerprint density at radius 3 is 2.07 bits per heavy atom. The molecule has 0 radical (unpaired) electrons. The van der Waals surface area contributed by atoms with E-state index in [-0.39, 0.29) is 0 Å². The van der Waals surface area contributed by atoms with E-state index in [0.717, 1.165) is 23.6 Å². The summed E-state index contributed by atoms with van der Waals surface area (Å²) in [5.74, 6) is 4.14. The molecule has 0 bridgehead atoms. The minimum atomic E-state index is 0.694. The lowest BCUT2D eigenvalue weighted by Gasteiger charge is -2.36. The van der Waals surface area contributed by atoms with Crippen LogP contribution in [0.3, 0.4) is 0 Å². The van der Waals surface area contributed by atoms with Crippen LogP contribution in [0.15, 0.2) is 0 Å². The fourth-order valence-corrected chi connectivity index (χ4v) is 3.49. The van der Waals surface area contributed by atoms with Crippen molar-refractivity contribution in [1.29, 1.82) is 0 Å². The van der Waals surface area contributed by atoms with Gasteiger partial charge in [-0.2, -0.15) is 0 Å². The van der Waals surface area contributed by atoms with Gasteiger partial charge in [0.15, 0.2) is 0 Å². The zero-order valence-electron chi connectivity index (χ0n) is 9.93. The van der Waals surface area contributed by atoms with Gasteiger partial charge >= 0.3 is 0 Å². The van der Waals surface area contributed by atoms with E-state index in [1.54, 1.807) is 0 Å². The Balaban J connectivity index is 2.56. The maximum Gasteiger partial charge on any atom is 0.0251 e. The zero-order valence-corrected chi connectivity index (χ0v) is 10.7. The van der Waals surface area contributed by atoms with Crippen molar-refractivity contribution in [3.63, 3.8) is 0 Å². The molecular formula is C13H25Cl. The van der Waals surface area contributed by atoms with E-state index in [9.17, 15) is 0 Å². The first kappa shape index (κ1) is 12.4. The summed E-state index contributed by atoms with van der Waals surface area (Å²) in [7, 11) is 0. The van der Waals surface area contributed by atoms with Gasteiger partial charge in [-0.15, -0.1) is 11.6 Å². The lowest BCUT2D eigenvalue weighted by molar-refractivity contribution is 0.147. The standard InChI is InChI=1S/C13H25Cl/c1-10(2)13(11(3)9-14)12-7-5-4-6-8-12/h10-13H,4-9H2,1-3H3. The van der Waals surface area contributed by atoms with Crippen LogP contribution in [0.5, 0.6) is 0 Å². The summed E-state index contributed by atoms with van der Waals surface area (Å²) in [6.45, 7) is 7.05. The molecule has 0 heterocycles. The molecule has 0 amide bonds. The Labute approximate surface area is 94.4 Å². The topological polar surface area (TPSA) is 0 Å². The predicted octanol–water partition coefficient (Wildman–Crippen LogP) is 4.71. The number of hydrogen-bond donors (Lipinski definition) is 0. The molecule has 1 saturated carbocycles. The summed E-state index contributed by atoms with van der Waals surface area (Å²) in [6.07, 6.45) is 7.25. The van der Waals surface area contributed by atoms with Crippen LogP contribution < -0.4 is 0 Å². The SMILES string of the molecule is CC(C)C(C(C)CCl)C1CCCCC1. The van der Waals surface area contributed by atoms with Gasteiger partial charge < -0.3 is 0 Å². The third kappa shape index (κ3) is 3.15. The van der Waals surface area contributed by atoms with Crippen LogP contribution in [-0.4, -0.2) is 5.88 Å². The maximum atomic E-state index is 6.01. The maximum absolute atomic E-state index is 6.01. The van der Waals surface area contributed by atoms with Crippen molar-refractivity contribution in [2.75, 3.05) is 5.88 Å². The highest BCUT2D eigenvalue weighted by molar-refractivity contribution is 6.18. The molecule has 0 aromatic heterocycles. The van der Waals surface area contributed by atoms with E-state index in [2.05, 4.69) is 20.8 Å². The Kier molecular flexibility index (Phi) is 5.30. The summed E-state index contributed by atoms with van der Waals surface area (Å²) in [4.78, 5) is 0. The van der Waals surface area contributed by atoms with Crippen molar-refractivity contribution >= 4 is 11.6 Å². The lowest BCUT2D eigenvalue weighted by atomic mass is 9.70. The van der Waals surface area contributed by atoms with Crippen molar-refractivity contribution in [1.82, 2.24) is 0 Å². The molecular weight excluding hydrogens is 192 g/mol. The molecule has 0 nitrogen and oxygen atoms in total. The first-order valence-electron chi connectivity index (χ1n) is 6.22. The lowest BCUT2D eigenvalue weighted by Crippen LogP contribution is -2.29. The van der Waals surface area contributed by atoms with Gasteiger partial charge in [0.05, 0.1) is 0 Å². The number of halogens is 1. The zero-order chi connectivity index (χ0) is 10.6. The molecule has 0 aromatic carbocycles. The van der Waals surface area contributed by atoms with E-state index in [1.807, 2.05) is 0 Å². The van der Waals surface area contributed by atoms with Crippen molar-refractivity contribution < 1.29 is 0 Å². The average molecular weight is 217 g/mol. The van der Waals surface area contributed by atoms with Crippen LogP contribution in [0.25, 0.3) is 0 Å². The minimum Gasteiger partial charge on any atom is -0.126 e.